The van der Waals surface area contributed by atoms with Gasteiger partial charge in [-0.05, 0) is 61.2 Å². The van der Waals surface area contributed by atoms with Crippen LogP contribution in [0.3, 0.4) is 0 Å². The minimum absolute atomic E-state index is 0.188. The summed E-state index contributed by atoms with van der Waals surface area (Å²) in [6.07, 6.45) is 3.03. The summed E-state index contributed by atoms with van der Waals surface area (Å²) in [6, 6.07) is 12.6. The molecule has 1 aromatic heterocycles. The molecular weight excluding hydrogens is 409 g/mol. The summed E-state index contributed by atoms with van der Waals surface area (Å²) in [6.45, 7) is 5.17. The van der Waals surface area contributed by atoms with Crippen molar-refractivity contribution < 1.29 is 18.7 Å². The molecule has 3 aromatic rings. The van der Waals surface area contributed by atoms with Crippen LogP contribution in [0, 0.1) is 12.7 Å². The van der Waals surface area contributed by atoms with Gasteiger partial charge in [0.15, 0.2) is 0 Å². The van der Waals surface area contributed by atoms with Gasteiger partial charge in [0.2, 0.25) is 5.88 Å². The Hall–Kier alpha value is -3.32. The first-order valence-corrected chi connectivity index (χ1v) is 10.5. The third kappa shape index (κ3) is 6.34. The number of carbonyl (C=O) groups excluding carboxylic acids is 1. The van der Waals surface area contributed by atoms with E-state index in [9.17, 15) is 9.18 Å². The lowest BCUT2D eigenvalue weighted by Crippen LogP contribution is -2.16. The van der Waals surface area contributed by atoms with Crippen LogP contribution in [-0.4, -0.2) is 29.4 Å². The van der Waals surface area contributed by atoms with Crippen LogP contribution in [0.4, 0.5) is 4.39 Å². The van der Waals surface area contributed by atoms with Gasteiger partial charge in [-0.25, -0.2) is 9.37 Å². The molecule has 0 amide bonds. The molecule has 2 aromatic carbocycles. The molecule has 0 saturated heterocycles. The standard InChI is InChI=1S/C25H28FN3O3/c1-17(30)6-5-13-27-14-21-15-28-25(29-24(21)31-3)32-16-20-7-4-8-23(18(20)2)19-9-11-22(26)12-10-19/h4,7-12,15,27H,5-6,13-14,16H2,1-3H3. The normalized spacial score (nSPS) is 10.8. The molecule has 1 heterocycles. The largest absolute Gasteiger partial charge is 0.481 e. The number of ether oxygens (including phenoxy) is 2. The Morgan fingerprint density at radius 1 is 1.12 bits per heavy atom. The zero-order valence-electron chi connectivity index (χ0n) is 18.7. The molecule has 0 aliphatic rings. The molecule has 0 saturated carbocycles. The van der Waals surface area contributed by atoms with Gasteiger partial charge < -0.3 is 19.6 Å². The molecule has 0 fully saturated rings. The molecule has 0 spiro atoms. The van der Waals surface area contributed by atoms with Gasteiger partial charge in [-0.1, -0.05) is 30.3 Å². The van der Waals surface area contributed by atoms with Crippen LogP contribution in [0.15, 0.2) is 48.7 Å². The topological polar surface area (TPSA) is 73.3 Å². The molecule has 0 aliphatic heterocycles. The average molecular weight is 438 g/mol. The van der Waals surface area contributed by atoms with Gasteiger partial charge in [0.1, 0.15) is 18.2 Å². The van der Waals surface area contributed by atoms with Gasteiger partial charge in [0.05, 0.1) is 7.11 Å². The maximum atomic E-state index is 13.3. The van der Waals surface area contributed by atoms with Crippen molar-refractivity contribution >= 4 is 5.78 Å². The monoisotopic (exact) mass is 437 g/mol. The van der Waals surface area contributed by atoms with E-state index in [0.29, 0.717) is 25.5 Å². The number of rotatable bonds is 11. The van der Waals surface area contributed by atoms with E-state index in [1.807, 2.05) is 25.1 Å². The second kappa shape index (κ2) is 11.3. The van der Waals surface area contributed by atoms with Gasteiger partial charge in [-0.3, -0.25) is 0 Å². The number of hydrogen-bond donors (Lipinski definition) is 1. The molecule has 3 rings (SSSR count). The van der Waals surface area contributed by atoms with Crippen molar-refractivity contribution in [1.29, 1.82) is 0 Å². The zero-order chi connectivity index (χ0) is 22.9. The quantitative estimate of drug-likeness (QED) is 0.441. The van der Waals surface area contributed by atoms with Crippen LogP contribution >= 0.6 is 0 Å². The van der Waals surface area contributed by atoms with Crippen LogP contribution < -0.4 is 14.8 Å². The van der Waals surface area contributed by atoms with Crippen molar-refractivity contribution in [3.8, 4) is 23.0 Å². The lowest BCUT2D eigenvalue weighted by molar-refractivity contribution is -0.117. The second-order valence-electron chi connectivity index (χ2n) is 7.55. The van der Waals surface area contributed by atoms with Crippen LogP contribution in [0.5, 0.6) is 11.9 Å². The minimum Gasteiger partial charge on any atom is -0.481 e. The molecular formula is C25H28FN3O3. The predicted octanol–water partition coefficient (Wildman–Crippen LogP) is 4.64. The van der Waals surface area contributed by atoms with Crippen LogP contribution in [0.1, 0.15) is 36.5 Å². The highest BCUT2D eigenvalue weighted by molar-refractivity contribution is 5.75. The van der Waals surface area contributed by atoms with E-state index < -0.39 is 0 Å². The fourth-order valence-electron chi connectivity index (χ4n) is 3.35. The predicted molar refractivity (Wildman–Crippen MR) is 121 cm³/mol. The van der Waals surface area contributed by atoms with Crippen molar-refractivity contribution in [3.05, 3.63) is 71.2 Å². The Morgan fingerprint density at radius 3 is 2.62 bits per heavy atom. The molecule has 168 valence electrons. The molecule has 32 heavy (non-hydrogen) atoms. The Balaban J connectivity index is 1.63. The van der Waals surface area contributed by atoms with E-state index in [4.69, 9.17) is 9.47 Å². The average Bonchev–Trinajstić information content (AvgIpc) is 2.79. The molecule has 0 bridgehead atoms. The van der Waals surface area contributed by atoms with E-state index in [2.05, 4.69) is 15.3 Å². The van der Waals surface area contributed by atoms with Crippen molar-refractivity contribution in [2.24, 2.45) is 0 Å². The number of methoxy groups -OCH3 is 1. The molecule has 0 atom stereocenters. The van der Waals surface area contributed by atoms with E-state index in [0.717, 1.165) is 40.8 Å². The first-order chi connectivity index (χ1) is 15.5. The fourth-order valence-corrected chi connectivity index (χ4v) is 3.35. The minimum atomic E-state index is -0.258. The van der Waals surface area contributed by atoms with Crippen molar-refractivity contribution in [2.45, 2.75) is 39.8 Å². The third-order valence-corrected chi connectivity index (χ3v) is 5.15. The molecule has 6 nitrogen and oxygen atoms in total. The van der Waals surface area contributed by atoms with Gasteiger partial charge in [0.25, 0.3) is 0 Å². The fraction of sp³-hybridized carbons (Fsp3) is 0.320. The number of carbonyl (C=O) groups is 1. The third-order valence-electron chi connectivity index (χ3n) is 5.15. The summed E-state index contributed by atoms with van der Waals surface area (Å²) in [5.41, 5.74) is 4.83. The van der Waals surface area contributed by atoms with E-state index in [-0.39, 0.29) is 17.6 Å². The Morgan fingerprint density at radius 2 is 1.91 bits per heavy atom. The Bertz CT molecular complexity index is 1050. The van der Waals surface area contributed by atoms with Crippen molar-refractivity contribution in [3.63, 3.8) is 0 Å². The lowest BCUT2D eigenvalue weighted by Gasteiger charge is -2.13. The Kier molecular flexibility index (Phi) is 8.27. The second-order valence-corrected chi connectivity index (χ2v) is 7.55. The van der Waals surface area contributed by atoms with E-state index in [1.165, 1.54) is 12.1 Å². The smallest absolute Gasteiger partial charge is 0.320 e. The number of ketones is 1. The molecule has 0 radical (unpaired) electrons. The first-order valence-electron chi connectivity index (χ1n) is 10.5. The number of benzene rings is 2. The summed E-state index contributed by atoms with van der Waals surface area (Å²) in [5.74, 6) is 0.380. The van der Waals surface area contributed by atoms with Crippen LogP contribution in [0.25, 0.3) is 11.1 Å². The number of hydrogen-bond acceptors (Lipinski definition) is 6. The van der Waals surface area contributed by atoms with E-state index in [1.54, 1.807) is 32.4 Å². The van der Waals surface area contributed by atoms with Gasteiger partial charge in [0, 0.05) is 24.7 Å². The number of nitrogens with zero attached hydrogens (tertiary/aromatic N) is 2. The highest BCUT2D eigenvalue weighted by atomic mass is 19.1. The highest BCUT2D eigenvalue weighted by Crippen LogP contribution is 2.27. The summed E-state index contributed by atoms with van der Waals surface area (Å²) < 4.78 is 24.5. The Labute approximate surface area is 187 Å². The van der Waals surface area contributed by atoms with Gasteiger partial charge in [-0.2, -0.15) is 4.98 Å². The highest BCUT2D eigenvalue weighted by Gasteiger charge is 2.11. The number of nitrogens with one attached hydrogen (secondary N) is 1. The molecule has 1 N–H and O–H groups in total. The summed E-state index contributed by atoms with van der Waals surface area (Å²) >= 11 is 0. The lowest BCUT2D eigenvalue weighted by atomic mass is 9.97. The number of aromatic nitrogens is 2. The van der Waals surface area contributed by atoms with E-state index >= 15 is 0 Å². The zero-order valence-corrected chi connectivity index (χ0v) is 18.7. The van der Waals surface area contributed by atoms with Crippen molar-refractivity contribution in [2.75, 3.05) is 13.7 Å². The van der Waals surface area contributed by atoms with Crippen LogP contribution in [0.2, 0.25) is 0 Å². The summed E-state index contributed by atoms with van der Waals surface area (Å²) in [7, 11) is 1.56. The maximum absolute atomic E-state index is 13.3. The maximum Gasteiger partial charge on any atom is 0.320 e. The van der Waals surface area contributed by atoms with Crippen LogP contribution in [-0.2, 0) is 17.9 Å². The first kappa shape index (κ1) is 23.3. The molecule has 7 heteroatoms. The van der Waals surface area contributed by atoms with Crippen molar-refractivity contribution in [1.82, 2.24) is 15.3 Å². The SMILES string of the molecule is COc1nc(OCc2cccc(-c3ccc(F)cc3)c2C)ncc1CNCCCC(C)=O. The number of halogens is 1. The molecule has 0 aliphatic carbocycles. The summed E-state index contributed by atoms with van der Waals surface area (Å²) in [5, 5.41) is 3.27. The molecule has 0 unspecified atom stereocenters. The van der Waals surface area contributed by atoms with Gasteiger partial charge >= 0.3 is 6.01 Å². The van der Waals surface area contributed by atoms with Gasteiger partial charge in [-0.15, -0.1) is 0 Å². The summed E-state index contributed by atoms with van der Waals surface area (Å²) in [4.78, 5) is 19.7. The number of Topliss-reactive ketones (excluding diaryl/α,β-unsaturated/α-hetero) is 1.